The summed E-state index contributed by atoms with van der Waals surface area (Å²) in [6.07, 6.45) is 0.397. The van der Waals surface area contributed by atoms with Crippen molar-refractivity contribution in [2.45, 2.75) is 30.7 Å². The Morgan fingerprint density at radius 2 is 1.95 bits per heavy atom. The van der Waals surface area contributed by atoms with Crippen LogP contribution in [0.15, 0.2) is 29.2 Å². The summed E-state index contributed by atoms with van der Waals surface area (Å²) in [7, 11) is -3.71. The van der Waals surface area contributed by atoms with Crippen molar-refractivity contribution in [2.75, 3.05) is 13.2 Å². The molecule has 1 heterocycles. The van der Waals surface area contributed by atoms with E-state index in [0.29, 0.717) is 0 Å². The second-order valence-corrected chi connectivity index (χ2v) is 7.22. The first kappa shape index (κ1) is 15.9. The van der Waals surface area contributed by atoms with E-state index in [9.17, 15) is 18.3 Å². The third-order valence-electron chi connectivity index (χ3n) is 3.85. The molecule has 0 aliphatic carbocycles. The van der Waals surface area contributed by atoms with Crippen LogP contribution in [0.2, 0.25) is 0 Å². The number of carbonyl (C=O) groups is 1. The lowest BCUT2D eigenvalue weighted by Crippen LogP contribution is -2.49. The van der Waals surface area contributed by atoms with Crippen LogP contribution in [-0.4, -0.2) is 48.1 Å². The van der Waals surface area contributed by atoms with E-state index in [2.05, 4.69) is 0 Å². The largest absolute Gasteiger partial charge is 0.481 e. The molecule has 1 aromatic carbocycles. The summed E-state index contributed by atoms with van der Waals surface area (Å²) in [6, 6.07) is 5.80. The van der Waals surface area contributed by atoms with Crippen LogP contribution in [0.3, 0.4) is 0 Å². The maximum atomic E-state index is 12.6. The van der Waals surface area contributed by atoms with E-state index < -0.39 is 28.0 Å². The molecular formula is C14H19NO5S. The van der Waals surface area contributed by atoms with Crippen molar-refractivity contribution in [2.24, 2.45) is 5.92 Å². The average molecular weight is 313 g/mol. The number of nitrogens with zero attached hydrogens (tertiary/aromatic N) is 1. The number of hydrogen-bond donors (Lipinski definition) is 2. The van der Waals surface area contributed by atoms with Gasteiger partial charge in [0.25, 0.3) is 0 Å². The van der Waals surface area contributed by atoms with Gasteiger partial charge in [-0.25, -0.2) is 8.42 Å². The summed E-state index contributed by atoms with van der Waals surface area (Å²) in [5.74, 6) is -1.55. The highest BCUT2D eigenvalue weighted by atomic mass is 32.2. The molecular weight excluding hydrogens is 294 g/mol. The Balaban J connectivity index is 2.27. The Hall–Kier alpha value is -1.44. The van der Waals surface area contributed by atoms with E-state index in [0.717, 1.165) is 5.56 Å². The van der Waals surface area contributed by atoms with Gasteiger partial charge in [-0.2, -0.15) is 4.31 Å². The van der Waals surface area contributed by atoms with Gasteiger partial charge in [-0.3, -0.25) is 4.79 Å². The summed E-state index contributed by atoms with van der Waals surface area (Å²) in [5.41, 5.74) is 0.956. The lowest BCUT2D eigenvalue weighted by Gasteiger charge is -2.36. The van der Waals surface area contributed by atoms with E-state index in [1.165, 1.54) is 16.4 Å². The highest BCUT2D eigenvalue weighted by Crippen LogP contribution is 2.28. The van der Waals surface area contributed by atoms with E-state index in [4.69, 9.17) is 5.11 Å². The Bertz CT molecular complexity index is 611. The van der Waals surface area contributed by atoms with Crippen LogP contribution in [-0.2, 0) is 14.8 Å². The van der Waals surface area contributed by atoms with Crippen molar-refractivity contribution in [1.29, 1.82) is 0 Å². The third-order valence-corrected chi connectivity index (χ3v) is 5.82. The lowest BCUT2D eigenvalue weighted by molar-refractivity contribution is -0.143. The average Bonchev–Trinajstić information content (AvgIpc) is 2.46. The van der Waals surface area contributed by atoms with Crippen molar-refractivity contribution in [3.8, 4) is 0 Å². The molecule has 1 fully saturated rings. The second kappa shape index (κ2) is 6.13. The SMILES string of the molecule is Cc1ccc(S(=O)(=O)N2CC[C@H](C(=O)O)C[C@H]2CO)cc1. The smallest absolute Gasteiger partial charge is 0.306 e. The van der Waals surface area contributed by atoms with Crippen LogP contribution in [0.1, 0.15) is 18.4 Å². The van der Waals surface area contributed by atoms with E-state index >= 15 is 0 Å². The highest BCUT2D eigenvalue weighted by molar-refractivity contribution is 7.89. The van der Waals surface area contributed by atoms with Gasteiger partial charge in [-0.15, -0.1) is 0 Å². The predicted molar refractivity (Wildman–Crippen MR) is 76.3 cm³/mol. The van der Waals surface area contributed by atoms with Gasteiger partial charge in [0.15, 0.2) is 0 Å². The molecule has 2 rings (SSSR count). The minimum atomic E-state index is -3.71. The number of aliphatic hydroxyl groups excluding tert-OH is 1. The molecule has 116 valence electrons. The monoisotopic (exact) mass is 313 g/mol. The first-order valence-corrected chi connectivity index (χ1v) is 8.22. The van der Waals surface area contributed by atoms with Crippen LogP contribution < -0.4 is 0 Å². The summed E-state index contributed by atoms with van der Waals surface area (Å²) in [4.78, 5) is 11.2. The van der Waals surface area contributed by atoms with Crippen molar-refractivity contribution in [3.63, 3.8) is 0 Å². The summed E-state index contributed by atoms with van der Waals surface area (Å²) < 4.78 is 26.4. The predicted octanol–water partition coefficient (Wildman–Crippen LogP) is 0.841. The molecule has 0 saturated carbocycles. The van der Waals surface area contributed by atoms with Gasteiger partial charge in [0.1, 0.15) is 0 Å². The minimum Gasteiger partial charge on any atom is -0.481 e. The molecule has 0 radical (unpaired) electrons. The molecule has 0 bridgehead atoms. The van der Waals surface area contributed by atoms with Gasteiger partial charge in [-0.05, 0) is 31.9 Å². The molecule has 0 unspecified atom stereocenters. The second-order valence-electron chi connectivity index (χ2n) is 5.32. The van der Waals surface area contributed by atoms with Crippen LogP contribution in [0.5, 0.6) is 0 Å². The molecule has 2 N–H and O–H groups in total. The standard InChI is InChI=1S/C14H19NO5S/c1-10-2-4-13(5-3-10)21(19,20)15-7-6-11(14(17)18)8-12(15)9-16/h2-5,11-12,16H,6-9H2,1H3,(H,17,18)/t11-,12-/m0/s1. The Morgan fingerprint density at radius 3 is 2.48 bits per heavy atom. The number of sulfonamides is 1. The Labute approximate surface area is 124 Å². The third kappa shape index (κ3) is 3.25. The zero-order valence-corrected chi connectivity index (χ0v) is 12.6. The number of rotatable bonds is 4. The maximum absolute atomic E-state index is 12.6. The molecule has 2 atom stereocenters. The molecule has 1 aliphatic heterocycles. The number of aliphatic hydroxyl groups is 1. The van der Waals surface area contributed by atoms with Crippen LogP contribution >= 0.6 is 0 Å². The molecule has 21 heavy (non-hydrogen) atoms. The number of carboxylic acid groups (broad SMARTS) is 1. The fourth-order valence-corrected chi connectivity index (χ4v) is 4.22. The Kier molecular flexibility index (Phi) is 4.65. The molecule has 6 nitrogen and oxygen atoms in total. The first-order valence-electron chi connectivity index (χ1n) is 6.78. The van der Waals surface area contributed by atoms with Crippen molar-refractivity contribution < 1.29 is 23.4 Å². The maximum Gasteiger partial charge on any atom is 0.306 e. The zero-order valence-electron chi connectivity index (χ0n) is 11.8. The van der Waals surface area contributed by atoms with Gasteiger partial charge in [0, 0.05) is 12.6 Å². The van der Waals surface area contributed by atoms with Crippen molar-refractivity contribution in [1.82, 2.24) is 4.31 Å². The fourth-order valence-electron chi connectivity index (χ4n) is 2.58. The number of carboxylic acids is 1. The number of benzene rings is 1. The molecule has 0 spiro atoms. The zero-order chi connectivity index (χ0) is 15.6. The first-order chi connectivity index (χ1) is 9.86. The van der Waals surface area contributed by atoms with Gasteiger partial charge < -0.3 is 10.2 Å². The number of aryl methyl sites for hydroxylation is 1. The van der Waals surface area contributed by atoms with Crippen molar-refractivity contribution >= 4 is 16.0 Å². The molecule has 7 heteroatoms. The minimum absolute atomic E-state index is 0.110. The van der Waals surface area contributed by atoms with Gasteiger partial charge in [-0.1, -0.05) is 17.7 Å². The Morgan fingerprint density at radius 1 is 1.33 bits per heavy atom. The fraction of sp³-hybridized carbons (Fsp3) is 0.500. The number of piperidine rings is 1. The lowest BCUT2D eigenvalue weighted by atomic mass is 9.93. The van der Waals surface area contributed by atoms with Gasteiger partial charge in [0.05, 0.1) is 17.4 Å². The molecule has 1 aliphatic rings. The summed E-state index contributed by atoms with van der Waals surface area (Å²) in [6.45, 7) is 1.60. The highest BCUT2D eigenvalue weighted by Gasteiger charge is 2.38. The van der Waals surface area contributed by atoms with E-state index in [1.54, 1.807) is 12.1 Å². The normalized spacial score (nSPS) is 23.9. The van der Waals surface area contributed by atoms with Crippen LogP contribution in [0.4, 0.5) is 0 Å². The number of aliphatic carboxylic acids is 1. The molecule has 1 aromatic rings. The van der Waals surface area contributed by atoms with Crippen molar-refractivity contribution in [3.05, 3.63) is 29.8 Å². The summed E-state index contributed by atoms with van der Waals surface area (Å²) in [5, 5.41) is 18.5. The van der Waals surface area contributed by atoms with Crippen LogP contribution in [0, 0.1) is 12.8 Å². The van der Waals surface area contributed by atoms with Crippen LogP contribution in [0.25, 0.3) is 0 Å². The summed E-state index contributed by atoms with van der Waals surface area (Å²) >= 11 is 0. The van der Waals surface area contributed by atoms with E-state index in [-0.39, 0.29) is 30.9 Å². The van der Waals surface area contributed by atoms with E-state index in [1.807, 2.05) is 6.92 Å². The molecule has 1 saturated heterocycles. The van der Waals surface area contributed by atoms with Gasteiger partial charge in [0.2, 0.25) is 10.0 Å². The molecule has 0 aromatic heterocycles. The topological polar surface area (TPSA) is 94.9 Å². The van der Waals surface area contributed by atoms with Gasteiger partial charge >= 0.3 is 5.97 Å². The quantitative estimate of drug-likeness (QED) is 0.859. The number of hydrogen-bond acceptors (Lipinski definition) is 4. The molecule has 0 amide bonds.